The normalized spacial score (nSPS) is 12.9. The minimum atomic E-state index is -0.00233. The van der Waals surface area contributed by atoms with Gasteiger partial charge in [-0.3, -0.25) is 0 Å². The van der Waals surface area contributed by atoms with Gasteiger partial charge in [0.15, 0.2) is 0 Å². The quantitative estimate of drug-likeness (QED) is 0.783. The van der Waals surface area contributed by atoms with Crippen LogP contribution in [0.25, 0.3) is 0 Å². The molecule has 4 heteroatoms. The first-order valence-corrected chi connectivity index (χ1v) is 5.60. The van der Waals surface area contributed by atoms with E-state index in [-0.39, 0.29) is 18.5 Å². The highest BCUT2D eigenvalue weighted by atomic mass is 35.5. The molecule has 0 aliphatic rings. The van der Waals surface area contributed by atoms with Crippen molar-refractivity contribution >= 4 is 23.4 Å². The summed E-state index contributed by atoms with van der Waals surface area (Å²) in [6.07, 6.45) is 0. The van der Waals surface area contributed by atoms with E-state index in [9.17, 15) is 0 Å². The molecule has 1 atom stereocenters. The largest absolute Gasteiger partial charge is 0.395 e. The van der Waals surface area contributed by atoms with E-state index in [1.807, 2.05) is 13.0 Å². The van der Waals surface area contributed by atoms with Crippen LogP contribution in [0.5, 0.6) is 0 Å². The summed E-state index contributed by atoms with van der Waals surface area (Å²) < 4.78 is 0. The molecule has 0 aliphatic carbocycles. The molecule has 0 radical (unpaired) electrons. The van der Waals surface area contributed by atoms with Gasteiger partial charge in [-0.2, -0.15) is 0 Å². The monoisotopic (exact) mass is 232 g/mol. The summed E-state index contributed by atoms with van der Waals surface area (Å²) in [5, 5.41) is 18.7. The van der Waals surface area contributed by atoms with Gasteiger partial charge >= 0.3 is 0 Å². The number of aliphatic hydroxyl groups is 2. The molecular weight excluding hydrogens is 220 g/mol. The lowest BCUT2D eigenvalue weighted by atomic mass is 10.2. The third-order valence-electron chi connectivity index (χ3n) is 1.78. The van der Waals surface area contributed by atoms with Gasteiger partial charge in [0.1, 0.15) is 0 Å². The van der Waals surface area contributed by atoms with Crippen LogP contribution >= 0.6 is 23.4 Å². The second kappa shape index (κ2) is 5.61. The molecule has 0 fully saturated rings. The fourth-order valence-corrected chi connectivity index (χ4v) is 2.25. The van der Waals surface area contributed by atoms with Crippen LogP contribution in [0.4, 0.5) is 0 Å². The summed E-state index contributed by atoms with van der Waals surface area (Å²) in [6.45, 7) is 2.03. The molecule has 0 saturated heterocycles. The Bertz CT molecular complexity index is 304. The van der Waals surface area contributed by atoms with Crippen molar-refractivity contribution in [3.05, 3.63) is 28.8 Å². The summed E-state index contributed by atoms with van der Waals surface area (Å²) in [4.78, 5) is 0.932. The van der Waals surface area contributed by atoms with E-state index in [1.165, 1.54) is 11.8 Å². The highest BCUT2D eigenvalue weighted by molar-refractivity contribution is 8.00. The van der Waals surface area contributed by atoms with Crippen molar-refractivity contribution in [2.24, 2.45) is 0 Å². The topological polar surface area (TPSA) is 40.5 Å². The first-order valence-electron chi connectivity index (χ1n) is 4.34. The summed E-state index contributed by atoms with van der Waals surface area (Å²) in [7, 11) is 0. The molecule has 14 heavy (non-hydrogen) atoms. The van der Waals surface area contributed by atoms with E-state index in [4.69, 9.17) is 21.8 Å². The lowest BCUT2D eigenvalue weighted by Gasteiger charge is -2.11. The van der Waals surface area contributed by atoms with Crippen molar-refractivity contribution in [2.75, 3.05) is 6.61 Å². The van der Waals surface area contributed by atoms with Crippen molar-refractivity contribution in [3.63, 3.8) is 0 Å². The number of benzene rings is 1. The van der Waals surface area contributed by atoms with Gasteiger partial charge in [-0.25, -0.2) is 0 Å². The summed E-state index contributed by atoms with van der Waals surface area (Å²) >= 11 is 7.36. The Labute approximate surface area is 92.9 Å². The average molecular weight is 233 g/mol. The molecule has 0 aromatic heterocycles. The Balaban J connectivity index is 2.87. The van der Waals surface area contributed by atoms with Crippen LogP contribution in [0, 0.1) is 0 Å². The molecule has 0 spiro atoms. The van der Waals surface area contributed by atoms with E-state index in [0.717, 1.165) is 10.5 Å². The van der Waals surface area contributed by atoms with Crippen LogP contribution in [0.2, 0.25) is 5.02 Å². The van der Waals surface area contributed by atoms with Gasteiger partial charge in [-0.05, 0) is 17.7 Å². The predicted octanol–water partition coefficient (Wildman–Crippen LogP) is 2.31. The maximum atomic E-state index is 9.08. The van der Waals surface area contributed by atoms with Gasteiger partial charge < -0.3 is 10.2 Å². The summed E-state index contributed by atoms with van der Waals surface area (Å²) in [5.41, 5.74) is 0.847. The molecule has 0 bridgehead atoms. The van der Waals surface area contributed by atoms with Crippen molar-refractivity contribution in [1.29, 1.82) is 0 Å². The zero-order chi connectivity index (χ0) is 10.6. The molecular formula is C10H13ClO2S. The van der Waals surface area contributed by atoms with Crippen LogP contribution in [-0.4, -0.2) is 22.1 Å². The minimum Gasteiger partial charge on any atom is -0.395 e. The van der Waals surface area contributed by atoms with Gasteiger partial charge in [0.2, 0.25) is 0 Å². The zero-order valence-corrected chi connectivity index (χ0v) is 9.48. The van der Waals surface area contributed by atoms with Gasteiger partial charge in [-0.1, -0.05) is 24.6 Å². The Hall–Kier alpha value is -0.220. The molecule has 2 N–H and O–H groups in total. The Morgan fingerprint density at radius 1 is 1.43 bits per heavy atom. The predicted molar refractivity (Wildman–Crippen MR) is 59.8 cm³/mol. The Kier molecular flexibility index (Phi) is 4.75. The number of hydrogen-bond donors (Lipinski definition) is 2. The lowest BCUT2D eigenvalue weighted by molar-refractivity contribution is 0.278. The van der Waals surface area contributed by atoms with Gasteiger partial charge in [-0.15, -0.1) is 11.8 Å². The molecule has 1 aromatic rings. The number of thioether (sulfide) groups is 1. The minimum absolute atomic E-state index is 0.00233. The second-order valence-electron chi connectivity index (χ2n) is 3.02. The number of hydrogen-bond acceptors (Lipinski definition) is 3. The van der Waals surface area contributed by atoms with Crippen molar-refractivity contribution in [2.45, 2.75) is 23.7 Å². The number of aliphatic hydroxyl groups excluding tert-OH is 2. The number of rotatable bonds is 4. The fraction of sp³-hybridized carbons (Fsp3) is 0.400. The zero-order valence-electron chi connectivity index (χ0n) is 7.90. The molecule has 1 aromatic carbocycles. The lowest BCUT2D eigenvalue weighted by Crippen LogP contribution is -2.02. The van der Waals surface area contributed by atoms with Crippen LogP contribution in [0.15, 0.2) is 23.1 Å². The summed E-state index contributed by atoms with van der Waals surface area (Å²) in [6, 6.07) is 5.36. The maximum Gasteiger partial charge on any atom is 0.0692 e. The molecule has 0 saturated carbocycles. The molecule has 0 aliphatic heterocycles. The third-order valence-corrected chi connectivity index (χ3v) is 3.21. The van der Waals surface area contributed by atoms with Crippen molar-refractivity contribution in [3.8, 4) is 0 Å². The highest BCUT2D eigenvalue weighted by Crippen LogP contribution is 2.29. The van der Waals surface area contributed by atoms with Crippen molar-refractivity contribution < 1.29 is 10.2 Å². The Morgan fingerprint density at radius 2 is 2.14 bits per heavy atom. The molecule has 78 valence electrons. The molecule has 2 nitrogen and oxygen atoms in total. The first-order chi connectivity index (χ1) is 6.67. The van der Waals surface area contributed by atoms with E-state index in [2.05, 4.69) is 0 Å². The van der Waals surface area contributed by atoms with Crippen LogP contribution in [0.3, 0.4) is 0 Å². The van der Waals surface area contributed by atoms with Gasteiger partial charge in [0.25, 0.3) is 0 Å². The van der Waals surface area contributed by atoms with E-state index in [1.54, 1.807) is 12.1 Å². The van der Waals surface area contributed by atoms with Gasteiger partial charge in [0.05, 0.1) is 13.2 Å². The first kappa shape index (κ1) is 11.9. The van der Waals surface area contributed by atoms with Crippen molar-refractivity contribution in [1.82, 2.24) is 0 Å². The van der Waals surface area contributed by atoms with Crippen LogP contribution < -0.4 is 0 Å². The molecule has 0 heterocycles. The van der Waals surface area contributed by atoms with E-state index < -0.39 is 0 Å². The average Bonchev–Trinajstić information content (AvgIpc) is 2.18. The summed E-state index contributed by atoms with van der Waals surface area (Å²) in [5.74, 6) is 0. The van der Waals surface area contributed by atoms with E-state index >= 15 is 0 Å². The Morgan fingerprint density at radius 3 is 2.71 bits per heavy atom. The SMILES string of the molecule is CC(CO)Sc1cc(Cl)ccc1CO. The van der Waals surface area contributed by atoms with Crippen LogP contribution in [-0.2, 0) is 6.61 Å². The molecule has 0 amide bonds. The van der Waals surface area contributed by atoms with Gasteiger partial charge in [0, 0.05) is 15.2 Å². The number of halogens is 1. The maximum absolute atomic E-state index is 9.08. The van der Waals surface area contributed by atoms with E-state index in [0.29, 0.717) is 5.02 Å². The fourth-order valence-electron chi connectivity index (χ4n) is 1.02. The molecule has 1 unspecified atom stereocenters. The molecule has 1 rings (SSSR count). The second-order valence-corrected chi connectivity index (χ2v) is 4.94. The highest BCUT2D eigenvalue weighted by Gasteiger charge is 2.07. The van der Waals surface area contributed by atoms with Crippen LogP contribution in [0.1, 0.15) is 12.5 Å². The smallest absolute Gasteiger partial charge is 0.0692 e. The standard InChI is InChI=1S/C10H13ClO2S/c1-7(5-12)14-10-4-9(11)3-2-8(10)6-13/h2-4,7,12-13H,5-6H2,1H3. The third kappa shape index (κ3) is 3.17.